The molecule has 4 aromatic rings. The maximum absolute atomic E-state index is 15.0. The molecule has 0 radical (unpaired) electrons. The van der Waals surface area contributed by atoms with Crippen molar-refractivity contribution in [2.45, 2.75) is 59.7 Å². The van der Waals surface area contributed by atoms with Crippen LogP contribution in [0.1, 0.15) is 57.9 Å². The Morgan fingerprint density at radius 2 is 1.78 bits per heavy atom. The zero-order valence-electron chi connectivity index (χ0n) is 20.9. The lowest BCUT2D eigenvalue weighted by molar-refractivity contribution is 0.102. The molecule has 0 aliphatic heterocycles. The van der Waals surface area contributed by atoms with Gasteiger partial charge in [-0.2, -0.15) is 0 Å². The fourth-order valence-electron chi connectivity index (χ4n) is 3.43. The van der Waals surface area contributed by atoms with E-state index in [9.17, 15) is 9.18 Å². The molecule has 0 aliphatic carbocycles. The Kier molecular flexibility index (Phi) is 7.04. The first-order valence-electron chi connectivity index (χ1n) is 11.6. The first kappa shape index (κ1) is 24.9. The molecule has 12 heteroatoms. The number of fused-ring (bicyclic) bond motifs is 1. The minimum absolute atomic E-state index is 0.0179. The molecule has 3 aromatic heterocycles. The van der Waals surface area contributed by atoms with E-state index in [-0.39, 0.29) is 41.0 Å². The number of aromatic nitrogens is 7. The third-order valence-corrected chi connectivity index (χ3v) is 4.94. The number of anilines is 2. The molecule has 11 nitrogen and oxygen atoms in total. The van der Waals surface area contributed by atoms with Crippen molar-refractivity contribution in [3.05, 3.63) is 41.7 Å². The van der Waals surface area contributed by atoms with E-state index in [1.54, 1.807) is 22.9 Å². The van der Waals surface area contributed by atoms with Crippen molar-refractivity contribution in [3.8, 4) is 17.4 Å². The summed E-state index contributed by atoms with van der Waals surface area (Å²) in [6.45, 7) is 11.5. The quantitative estimate of drug-likeness (QED) is 0.369. The van der Waals surface area contributed by atoms with Crippen molar-refractivity contribution < 1.29 is 13.9 Å². The number of carbonyl (C=O) groups is 1. The van der Waals surface area contributed by atoms with E-state index in [1.165, 1.54) is 12.1 Å². The topological polar surface area (TPSA) is 133 Å². The van der Waals surface area contributed by atoms with Crippen LogP contribution in [-0.4, -0.2) is 53.2 Å². The van der Waals surface area contributed by atoms with E-state index < -0.39 is 11.7 Å². The van der Waals surface area contributed by atoms with Gasteiger partial charge in [0.2, 0.25) is 5.82 Å². The third-order valence-electron chi connectivity index (χ3n) is 4.94. The van der Waals surface area contributed by atoms with Crippen LogP contribution >= 0.6 is 0 Å². The van der Waals surface area contributed by atoms with Crippen LogP contribution < -0.4 is 15.4 Å². The number of benzene rings is 1. The predicted octanol–water partition coefficient (Wildman–Crippen LogP) is 4.26. The van der Waals surface area contributed by atoms with Crippen LogP contribution in [0.5, 0.6) is 5.88 Å². The summed E-state index contributed by atoms with van der Waals surface area (Å²) in [4.78, 5) is 26.4. The summed E-state index contributed by atoms with van der Waals surface area (Å²) in [6.07, 6.45) is -0.146. The van der Waals surface area contributed by atoms with E-state index >= 15 is 0 Å². The average molecular weight is 494 g/mol. The highest BCUT2D eigenvalue weighted by Crippen LogP contribution is 2.27. The monoisotopic (exact) mass is 493 g/mol. The number of hydrogen-bond acceptors (Lipinski definition) is 9. The second-order valence-corrected chi connectivity index (χ2v) is 9.07. The second kappa shape index (κ2) is 10.2. The Hall–Kier alpha value is -4.22. The summed E-state index contributed by atoms with van der Waals surface area (Å²) in [5, 5.41) is 17.5. The van der Waals surface area contributed by atoms with E-state index in [1.807, 2.05) is 41.5 Å². The molecule has 36 heavy (non-hydrogen) atoms. The van der Waals surface area contributed by atoms with Gasteiger partial charge < -0.3 is 15.4 Å². The number of tetrazole rings is 1. The molecule has 0 saturated carbocycles. The van der Waals surface area contributed by atoms with Crippen molar-refractivity contribution in [3.63, 3.8) is 0 Å². The van der Waals surface area contributed by atoms with Crippen molar-refractivity contribution in [2.75, 3.05) is 10.6 Å². The number of carbonyl (C=O) groups excluding carboxylic acids is 1. The van der Waals surface area contributed by atoms with E-state index in [2.05, 4.69) is 41.1 Å². The van der Waals surface area contributed by atoms with Crippen LogP contribution in [0.4, 0.5) is 16.0 Å². The van der Waals surface area contributed by atoms with E-state index in [0.29, 0.717) is 22.9 Å². The highest BCUT2D eigenvalue weighted by atomic mass is 19.1. The Morgan fingerprint density at radius 1 is 1.03 bits per heavy atom. The molecule has 0 aliphatic rings. The number of nitrogens with one attached hydrogen (secondary N) is 2. The summed E-state index contributed by atoms with van der Waals surface area (Å²) in [7, 11) is 0. The summed E-state index contributed by atoms with van der Waals surface area (Å²) < 4.78 is 22.4. The van der Waals surface area contributed by atoms with Crippen molar-refractivity contribution in [2.24, 2.45) is 0 Å². The van der Waals surface area contributed by atoms with Gasteiger partial charge in [-0.25, -0.2) is 24.0 Å². The lowest BCUT2D eigenvalue weighted by Gasteiger charge is -2.16. The van der Waals surface area contributed by atoms with Crippen LogP contribution in [0.15, 0.2) is 30.3 Å². The van der Waals surface area contributed by atoms with E-state index in [0.717, 1.165) is 0 Å². The molecule has 0 unspecified atom stereocenters. The number of amides is 1. The number of ether oxygens (including phenoxy) is 1. The standard InChI is InChI=1S/C24H28FN9O2/c1-12(2)26-21-24(36-14(5)6)29-19-11-16(25)15(10-18(19)28-21)23(35)30-20-9-7-8-17(27-20)22-31-32-33-34(22)13(3)4/h7-14H,1-6H3,(H,26,28)(H,27,30,35). The fraction of sp³-hybridized carbons (Fsp3) is 0.375. The lowest BCUT2D eigenvalue weighted by atomic mass is 10.1. The van der Waals surface area contributed by atoms with Crippen molar-refractivity contribution in [1.29, 1.82) is 0 Å². The first-order chi connectivity index (χ1) is 17.1. The predicted molar refractivity (Wildman–Crippen MR) is 133 cm³/mol. The maximum Gasteiger partial charge on any atom is 0.259 e. The number of nitrogens with zero attached hydrogens (tertiary/aromatic N) is 7. The highest BCUT2D eigenvalue weighted by molar-refractivity contribution is 6.05. The molecule has 0 spiro atoms. The normalized spacial score (nSPS) is 11.5. The Labute approximate surface area is 207 Å². The molecule has 0 fully saturated rings. The molecular weight excluding hydrogens is 465 g/mol. The summed E-state index contributed by atoms with van der Waals surface area (Å²) in [5.41, 5.74) is 0.899. The molecular formula is C24H28FN9O2. The molecule has 0 saturated heterocycles. The van der Waals surface area contributed by atoms with Gasteiger partial charge in [-0.05, 0) is 70.2 Å². The first-order valence-corrected chi connectivity index (χ1v) is 11.6. The number of rotatable bonds is 8. The molecule has 4 rings (SSSR count). The third kappa shape index (κ3) is 5.37. The van der Waals surface area contributed by atoms with Gasteiger partial charge >= 0.3 is 0 Å². The fourth-order valence-corrected chi connectivity index (χ4v) is 3.43. The Bertz CT molecular complexity index is 1400. The molecule has 1 amide bonds. The van der Waals surface area contributed by atoms with Crippen molar-refractivity contribution in [1.82, 2.24) is 35.2 Å². The number of halogens is 1. The zero-order valence-corrected chi connectivity index (χ0v) is 20.9. The zero-order chi connectivity index (χ0) is 26.0. The average Bonchev–Trinajstić information content (AvgIpc) is 3.29. The molecule has 0 bridgehead atoms. The van der Waals surface area contributed by atoms with Crippen LogP contribution in [0.25, 0.3) is 22.6 Å². The SMILES string of the molecule is CC(C)Nc1nc2cc(C(=O)Nc3cccc(-c4nnnn4C(C)C)n3)c(F)cc2nc1OC(C)C. The van der Waals surface area contributed by atoms with Gasteiger partial charge in [-0.1, -0.05) is 6.07 Å². The number of hydrogen-bond donors (Lipinski definition) is 2. The van der Waals surface area contributed by atoms with Gasteiger partial charge in [0.15, 0.2) is 5.82 Å². The molecule has 2 N–H and O–H groups in total. The molecule has 1 aromatic carbocycles. The van der Waals surface area contributed by atoms with Gasteiger partial charge in [0, 0.05) is 12.1 Å². The van der Waals surface area contributed by atoms with Gasteiger partial charge in [-0.15, -0.1) is 5.10 Å². The lowest BCUT2D eigenvalue weighted by Crippen LogP contribution is -2.17. The summed E-state index contributed by atoms with van der Waals surface area (Å²) in [5.74, 6) is -0.0458. The van der Waals surface area contributed by atoms with Crippen molar-refractivity contribution >= 4 is 28.6 Å². The smallest absolute Gasteiger partial charge is 0.259 e. The van der Waals surface area contributed by atoms with Gasteiger partial charge in [0.1, 0.15) is 17.3 Å². The summed E-state index contributed by atoms with van der Waals surface area (Å²) >= 11 is 0. The van der Waals surface area contributed by atoms with Crippen LogP contribution in [0.3, 0.4) is 0 Å². The van der Waals surface area contributed by atoms with Crippen LogP contribution in [0.2, 0.25) is 0 Å². The maximum atomic E-state index is 15.0. The van der Waals surface area contributed by atoms with Gasteiger partial charge in [0.25, 0.3) is 11.8 Å². The minimum Gasteiger partial charge on any atom is -0.472 e. The molecule has 188 valence electrons. The second-order valence-electron chi connectivity index (χ2n) is 9.07. The molecule has 3 heterocycles. The van der Waals surface area contributed by atoms with E-state index in [4.69, 9.17) is 4.74 Å². The minimum atomic E-state index is -0.741. The number of pyridine rings is 1. The Morgan fingerprint density at radius 3 is 2.47 bits per heavy atom. The highest BCUT2D eigenvalue weighted by Gasteiger charge is 2.19. The Balaban J connectivity index is 1.66. The van der Waals surface area contributed by atoms with Crippen LogP contribution in [0, 0.1) is 5.82 Å². The van der Waals surface area contributed by atoms with Gasteiger partial charge in [-0.3, -0.25) is 4.79 Å². The largest absolute Gasteiger partial charge is 0.472 e. The van der Waals surface area contributed by atoms with Crippen LogP contribution in [-0.2, 0) is 0 Å². The molecule has 0 atom stereocenters. The summed E-state index contributed by atoms with van der Waals surface area (Å²) in [6, 6.07) is 7.65. The van der Waals surface area contributed by atoms with Gasteiger partial charge in [0.05, 0.1) is 28.7 Å².